The number of anilines is 1. The van der Waals surface area contributed by atoms with Gasteiger partial charge in [0.25, 0.3) is 11.8 Å². The number of hydrogen-bond donors (Lipinski definition) is 3. The van der Waals surface area contributed by atoms with Gasteiger partial charge in [-0.1, -0.05) is 0 Å². The van der Waals surface area contributed by atoms with Crippen LogP contribution in [0.3, 0.4) is 0 Å². The van der Waals surface area contributed by atoms with Crippen LogP contribution >= 0.6 is 0 Å². The summed E-state index contributed by atoms with van der Waals surface area (Å²) in [6, 6.07) is 10.9. The number of phenolic OH excluding ortho intramolecular Hbond substituents is 1. The molecule has 0 atom stereocenters. The lowest BCUT2D eigenvalue weighted by Gasteiger charge is -2.26. The van der Waals surface area contributed by atoms with Gasteiger partial charge in [0.15, 0.2) is 0 Å². The number of amides is 2. The Hall–Kier alpha value is -3.98. The van der Waals surface area contributed by atoms with Crippen molar-refractivity contribution in [2.24, 2.45) is 0 Å². The summed E-state index contributed by atoms with van der Waals surface area (Å²) in [6.07, 6.45) is 0.635. The maximum Gasteiger partial charge on any atom is 0.274 e. The second-order valence-electron chi connectivity index (χ2n) is 8.84. The quantitative estimate of drug-likeness (QED) is 0.420. The number of phenols is 1. The Morgan fingerprint density at radius 3 is 2.63 bits per heavy atom. The summed E-state index contributed by atoms with van der Waals surface area (Å²) >= 11 is 0. The van der Waals surface area contributed by atoms with Crippen molar-refractivity contribution in [1.29, 1.82) is 0 Å². The molecule has 6 rings (SSSR count). The van der Waals surface area contributed by atoms with Crippen LogP contribution in [0, 0.1) is 0 Å². The highest BCUT2D eigenvalue weighted by Crippen LogP contribution is 2.40. The van der Waals surface area contributed by atoms with Crippen LogP contribution in [-0.4, -0.2) is 71.2 Å². The third kappa shape index (κ3) is 3.59. The number of nitrogens with zero attached hydrogens (tertiary/aromatic N) is 2. The normalized spacial score (nSPS) is 15.7. The molecule has 4 heterocycles. The van der Waals surface area contributed by atoms with Gasteiger partial charge in [0, 0.05) is 42.0 Å². The van der Waals surface area contributed by atoms with Crippen LogP contribution in [0.5, 0.6) is 11.5 Å². The number of aromatic nitrogens is 2. The first-order chi connectivity index (χ1) is 17.0. The fraction of sp³-hybridized carbons (Fsp3) is 0.308. The zero-order valence-corrected chi connectivity index (χ0v) is 19.4. The minimum atomic E-state index is -0.170. The van der Waals surface area contributed by atoms with Crippen molar-refractivity contribution in [3.05, 3.63) is 53.3 Å². The fourth-order valence-corrected chi connectivity index (χ4v) is 5.06. The molecular formula is C26H26N4O5. The Labute approximate surface area is 201 Å². The van der Waals surface area contributed by atoms with Crippen molar-refractivity contribution < 1.29 is 24.2 Å². The van der Waals surface area contributed by atoms with Gasteiger partial charge in [-0.2, -0.15) is 0 Å². The number of carbonyl (C=O) groups is 2. The number of aromatic hydroxyl groups is 1. The zero-order valence-electron chi connectivity index (χ0n) is 19.4. The van der Waals surface area contributed by atoms with Crippen LogP contribution in [0.15, 0.2) is 36.4 Å². The lowest BCUT2D eigenvalue weighted by molar-refractivity contribution is 0.0299. The topological polar surface area (TPSA) is 111 Å². The number of hydrogen-bond acceptors (Lipinski definition) is 5. The first-order valence-electron chi connectivity index (χ1n) is 11.9. The molecular weight excluding hydrogens is 448 g/mol. The molecule has 0 spiro atoms. The minimum absolute atomic E-state index is 0.0116. The van der Waals surface area contributed by atoms with Gasteiger partial charge in [0.1, 0.15) is 22.9 Å². The van der Waals surface area contributed by atoms with Crippen LogP contribution in [0.2, 0.25) is 0 Å². The van der Waals surface area contributed by atoms with Gasteiger partial charge in [0.2, 0.25) is 0 Å². The number of benzene rings is 2. The first kappa shape index (κ1) is 21.5. The molecule has 2 aromatic heterocycles. The van der Waals surface area contributed by atoms with Gasteiger partial charge in [-0.05, 0) is 49.2 Å². The van der Waals surface area contributed by atoms with E-state index in [1.165, 1.54) is 0 Å². The predicted molar refractivity (Wildman–Crippen MR) is 132 cm³/mol. The first-order valence-corrected chi connectivity index (χ1v) is 11.9. The number of rotatable bonds is 4. The Kier molecular flexibility index (Phi) is 5.14. The number of H-pyrrole nitrogens is 2. The van der Waals surface area contributed by atoms with E-state index >= 15 is 0 Å². The third-order valence-electron chi connectivity index (χ3n) is 6.77. The van der Waals surface area contributed by atoms with Crippen LogP contribution < -0.4 is 9.64 Å². The summed E-state index contributed by atoms with van der Waals surface area (Å²) in [5.41, 5.74) is 3.88. The Bertz CT molecular complexity index is 1460. The maximum atomic E-state index is 13.5. The summed E-state index contributed by atoms with van der Waals surface area (Å²) in [5.74, 6) is 0.481. The second kappa shape index (κ2) is 8.35. The summed E-state index contributed by atoms with van der Waals surface area (Å²) in [7, 11) is 0. The SMILES string of the molecule is CCOc1ccc2[nH]c(C(=O)N3CCc4c3cc(O)c3[nH]c(C(=O)N5CCOCC5)cc43)cc2c1. The van der Waals surface area contributed by atoms with Crippen molar-refractivity contribution >= 4 is 39.3 Å². The van der Waals surface area contributed by atoms with Crippen LogP contribution in [0.4, 0.5) is 5.69 Å². The minimum Gasteiger partial charge on any atom is -0.506 e. The van der Waals surface area contributed by atoms with E-state index in [2.05, 4.69) is 9.97 Å². The Balaban J connectivity index is 1.33. The highest BCUT2D eigenvalue weighted by molar-refractivity contribution is 6.11. The highest BCUT2D eigenvalue weighted by Gasteiger charge is 2.31. The third-order valence-corrected chi connectivity index (χ3v) is 6.77. The summed E-state index contributed by atoms with van der Waals surface area (Å²) in [5, 5.41) is 12.4. The molecule has 2 aliphatic heterocycles. The molecule has 2 aliphatic rings. The molecule has 1 saturated heterocycles. The molecule has 2 aromatic carbocycles. The largest absolute Gasteiger partial charge is 0.506 e. The van der Waals surface area contributed by atoms with E-state index in [0.717, 1.165) is 27.6 Å². The molecule has 3 N–H and O–H groups in total. The molecule has 4 aromatic rings. The molecule has 0 bridgehead atoms. The average molecular weight is 475 g/mol. The monoisotopic (exact) mass is 474 g/mol. The lowest BCUT2D eigenvalue weighted by Crippen LogP contribution is -2.40. The lowest BCUT2D eigenvalue weighted by atomic mass is 10.1. The van der Waals surface area contributed by atoms with E-state index in [4.69, 9.17) is 9.47 Å². The fourth-order valence-electron chi connectivity index (χ4n) is 5.06. The standard InChI is InChI=1S/C26H26N4O5/c1-2-35-16-3-4-19-15(11-16)12-20(27-19)26(33)30-6-5-17-18-13-21(25(32)29-7-9-34-10-8-29)28-24(18)23(31)14-22(17)30/h3-4,11-14,27-28,31H,2,5-10H2,1H3. The van der Waals surface area contributed by atoms with Gasteiger partial charge < -0.3 is 34.3 Å². The van der Waals surface area contributed by atoms with Crippen LogP contribution in [0.25, 0.3) is 21.8 Å². The molecule has 0 unspecified atom stereocenters. The molecule has 1 fully saturated rings. The van der Waals surface area contributed by atoms with Crippen LogP contribution in [0.1, 0.15) is 33.5 Å². The van der Waals surface area contributed by atoms with E-state index in [1.807, 2.05) is 31.2 Å². The van der Waals surface area contributed by atoms with E-state index in [0.29, 0.717) is 68.5 Å². The smallest absolute Gasteiger partial charge is 0.274 e. The predicted octanol–water partition coefficient (Wildman–Crippen LogP) is 3.43. The summed E-state index contributed by atoms with van der Waals surface area (Å²) in [6.45, 7) is 5.11. The molecule has 9 nitrogen and oxygen atoms in total. The van der Waals surface area contributed by atoms with Crippen molar-refractivity contribution in [3.8, 4) is 11.5 Å². The van der Waals surface area contributed by atoms with Gasteiger partial charge in [-0.25, -0.2) is 0 Å². The maximum absolute atomic E-state index is 13.5. The van der Waals surface area contributed by atoms with Gasteiger partial charge in [-0.15, -0.1) is 0 Å². The summed E-state index contributed by atoms with van der Waals surface area (Å²) < 4.78 is 10.9. The highest BCUT2D eigenvalue weighted by atomic mass is 16.5. The molecule has 2 amide bonds. The molecule has 9 heteroatoms. The number of carbonyl (C=O) groups excluding carboxylic acids is 2. The van der Waals surface area contributed by atoms with Gasteiger partial charge in [0.05, 0.1) is 31.0 Å². The molecule has 0 radical (unpaired) electrons. The van der Waals surface area contributed by atoms with Crippen LogP contribution in [-0.2, 0) is 11.2 Å². The Morgan fingerprint density at radius 1 is 1.03 bits per heavy atom. The van der Waals surface area contributed by atoms with Gasteiger partial charge >= 0.3 is 0 Å². The van der Waals surface area contributed by atoms with E-state index in [9.17, 15) is 14.7 Å². The number of morpholine rings is 1. The van der Waals surface area contributed by atoms with E-state index in [1.54, 1.807) is 21.9 Å². The summed E-state index contributed by atoms with van der Waals surface area (Å²) in [4.78, 5) is 36.2. The van der Waals surface area contributed by atoms with Crippen molar-refractivity contribution in [2.75, 3.05) is 44.4 Å². The zero-order chi connectivity index (χ0) is 24.1. The number of ether oxygens (including phenoxy) is 2. The van der Waals surface area contributed by atoms with Gasteiger partial charge in [-0.3, -0.25) is 9.59 Å². The number of fused-ring (bicyclic) bond motifs is 4. The second-order valence-corrected chi connectivity index (χ2v) is 8.84. The Morgan fingerprint density at radius 2 is 1.83 bits per heavy atom. The number of nitrogens with one attached hydrogen (secondary N) is 2. The van der Waals surface area contributed by atoms with Crippen molar-refractivity contribution in [3.63, 3.8) is 0 Å². The van der Waals surface area contributed by atoms with E-state index < -0.39 is 0 Å². The molecule has 180 valence electrons. The molecule has 35 heavy (non-hydrogen) atoms. The average Bonchev–Trinajstić information content (AvgIpc) is 3.60. The molecule has 0 aliphatic carbocycles. The van der Waals surface area contributed by atoms with Crippen molar-refractivity contribution in [2.45, 2.75) is 13.3 Å². The van der Waals surface area contributed by atoms with E-state index in [-0.39, 0.29) is 17.6 Å². The number of aromatic amines is 2. The van der Waals surface area contributed by atoms with Crippen molar-refractivity contribution in [1.82, 2.24) is 14.9 Å². The molecule has 0 saturated carbocycles.